The Bertz CT molecular complexity index is 600. The van der Waals surface area contributed by atoms with E-state index in [1.807, 2.05) is 0 Å². The van der Waals surface area contributed by atoms with Gasteiger partial charge in [0, 0.05) is 10.9 Å². The van der Waals surface area contributed by atoms with Crippen LogP contribution in [-0.2, 0) is 19.1 Å². The van der Waals surface area contributed by atoms with Crippen molar-refractivity contribution < 1.29 is 23.9 Å². The molecule has 1 aliphatic rings. The van der Waals surface area contributed by atoms with Crippen molar-refractivity contribution in [1.82, 2.24) is 10.9 Å². The SMILES string of the molecule is O=C(COC(=O)CC1CCCC1)NNC(=O)COc1ccc(Br)cc1. The van der Waals surface area contributed by atoms with Gasteiger partial charge in [0.1, 0.15) is 5.75 Å². The summed E-state index contributed by atoms with van der Waals surface area (Å²) in [6.07, 6.45) is 4.71. The summed E-state index contributed by atoms with van der Waals surface area (Å²) in [5.41, 5.74) is 4.37. The summed E-state index contributed by atoms with van der Waals surface area (Å²) in [6.45, 7) is -0.664. The largest absolute Gasteiger partial charge is 0.484 e. The van der Waals surface area contributed by atoms with Crippen molar-refractivity contribution in [2.45, 2.75) is 32.1 Å². The first-order valence-electron chi connectivity index (χ1n) is 8.14. The van der Waals surface area contributed by atoms with Crippen molar-refractivity contribution in [3.8, 4) is 5.75 Å². The van der Waals surface area contributed by atoms with E-state index < -0.39 is 18.4 Å². The first-order valence-corrected chi connectivity index (χ1v) is 8.94. The third-order valence-electron chi connectivity index (χ3n) is 3.82. The van der Waals surface area contributed by atoms with E-state index in [9.17, 15) is 14.4 Å². The molecule has 0 aliphatic heterocycles. The number of amides is 2. The number of rotatable bonds is 7. The van der Waals surface area contributed by atoms with E-state index >= 15 is 0 Å². The zero-order chi connectivity index (χ0) is 18.1. The lowest BCUT2D eigenvalue weighted by Gasteiger charge is -2.10. The van der Waals surface area contributed by atoms with Crippen LogP contribution in [0.1, 0.15) is 32.1 Å². The van der Waals surface area contributed by atoms with Crippen LogP contribution >= 0.6 is 15.9 Å². The molecule has 0 unspecified atom stereocenters. The van der Waals surface area contributed by atoms with E-state index in [1.54, 1.807) is 24.3 Å². The van der Waals surface area contributed by atoms with Gasteiger partial charge in [-0.25, -0.2) is 0 Å². The number of hydrogen-bond donors (Lipinski definition) is 2. The van der Waals surface area contributed by atoms with Crippen LogP contribution in [0.5, 0.6) is 5.75 Å². The lowest BCUT2D eigenvalue weighted by atomic mass is 10.1. The van der Waals surface area contributed by atoms with Crippen LogP contribution in [0.25, 0.3) is 0 Å². The molecule has 2 rings (SSSR count). The van der Waals surface area contributed by atoms with Crippen molar-refractivity contribution in [2.75, 3.05) is 13.2 Å². The normalized spacial score (nSPS) is 14.0. The molecule has 136 valence electrons. The Morgan fingerprint density at radius 2 is 1.60 bits per heavy atom. The van der Waals surface area contributed by atoms with Crippen molar-refractivity contribution in [2.24, 2.45) is 5.92 Å². The fourth-order valence-corrected chi connectivity index (χ4v) is 2.81. The van der Waals surface area contributed by atoms with E-state index in [1.165, 1.54) is 0 Å². The van der Waals surface area contributed by atoms with Gasteiger partial charge >= 0.3 is 5.97 Å². The highest BCUT2D eigenvalue weighted by Crippen LogP contribution is 2.27. The minimum Gasteiger partial charge on any atom is -0.484 e. The minimum atomic E-state index is -0.600. The molecule has 0 spiro atoms. The number of carbonyl (C=O) groups is 3. The van der Waals surface area contributed by atoms with Gasteiger partial charge in [0.2, 0.25) is 0 Å². The molecule has 8 heteroatoms. The van der Waals surface area contributed by atoms with E-state index in [4.69, 9.17) is 9.47 Å². The third-order valence-corrected chi connectivity index (χ3v) is 4.35. The molecule has 0 saturated heterocycles. The zero-order valence-corrected chi connectivity index (χ0v) is 15.3. The Hall–Kier alpha value is -2.09. The van der Waals surface area contributed by atoms with Crippen LogP contribution in [0.4, 0.5) is 0 Å². The van der Waals surface area contributed by atoms with Crippen LogP contribution in [0.2, 0.25) is 0 Å². The molecular weight excluding hydrogens is 392 g/mol. The van der Waals surface area contributed by atoms with Gasteiger partial charge in [-0.3, -0.25) is 25.2 Å². The van der Waals surface area contributed by atoms with Gasteiger partial charge in [0.25, 0.3) is 11.8 Å². The molecule has 0 aromatic heterocycles. The molecule has 7 nitrogen and oxygen atoms in total. The highest BCUT2D eigenvalue weighted by Gasteiger charge is 2.19. The maximum atomic E-state index is 11.6. The molecule has 25 heavy (non-hydrogen) atoms. The fourth-order valence-electron chi connectivity index (χ4n) is 2.55. The van der Waals surface area contributed by atoms with Gasteiger partial charge in [-0.05, 0) is 43.0 Å². The molecule has 0 heterocycles. The molecule has 1 aromatic rings. The second-order valence-electron chi connectivity index (χ2n) is 5.85. The molecule has 1 fully saturated rings. The Morgan fingerprint density at radius 3 is 2.24 bits per heavy atom. The topological polar surface area (TPSA) is 93.7 Å². The van der Waals surface area contributed by atoms with Gasteiger partial charge < -0.3 is 9.47 Å². The molecule has 0 bridgehead atoms. The number of benzene rings is 1. The summed E-state index contributed by atoms with van der Waals surface area (Å²) >= 11 is 3.30. The maximum Gasteiger partial charge on any atom is 0.306 e. The summed E-state index contributed by atoms with van der Waals surface area (Å²) in [4.78, 5) is 34.8. The van der Waals surface area contributed by atoms with E-state index in [0.717, 1.165) is 30.2 Å². The number of esters is 1. The van der Waals surface area contributed by atoms with Crippen LogP contribution < -0.4 is 15.6 Å². The number of ether oxygens (including phenoxy) is 2. The first-order chi connectivity index (χ1) is 12.0. The second-order valence-corrected chi connectivity index (χ2v) is 6.77. The smallest absolute Gasteiger partial charge is 0.306 e. The maximum absolute atomic E-state index is 11.6. The first kappa shape index (κ1) is 19.2. The van der Waals surface area contributed by atoms with Gasteiger partial charge in [0.15, 0.2) is 13.2 Å². The average Bonchev–Trinajstić information content (AvgIpc) is 3.10. The van der Waals surface area contributed by atoms with Crippen molar-refractivity contribution >= 4 is 33.7 Å². The average molecular weight is 413 g/mol. The molecule has 1 aromatic carbocycles. The van der Waals surface area contributed by atoms with E-state index in [2.05, 4.69) is 26.8 Å². The van der Waals surface area contributed by atoms with Crippen LogP contribution in [-0.4, -0.2) is 31.0 Å². The quantitative estimate of drug-likeness (QED) is 0.528. The lowest BCUT2D eigenvalue weighted by Crippen LogP contribution is -2.45. The zero-order valence-electron chi connectivity index (χ0n) is 13.8. The molecule has 1 aliphatic carbocycles. The fraction of sp³-hybridized carbons (Fsp3) is 0.471. The van der Waals surface area contributed by atoms with E-state index in [-0.39, 0.29) is 12.6 Å². The number of nitrogens with one attached hydrogen (secondary N) is 2. The summed E-state index contributed by atoms with van der Waals surface area (Å²) in [5, 5.41) is 0. The Labute approximate surface area is 154 Å². The van der Waals surface area contributed by atoms with Gasteiger partial charge in [-0.15, -0.1) is 0 Å². The number of hydrogen-bond acceptors (Lipinski definition) is 5. The molecule has 0 atom stereocenters. The molecule has 2 amide bonds. The predicted octanol–water partition coefficient (Wildman–Crippen LogP) is 2.10. The van der Waals surface area contributed by atoms with Crippen molar-refractivity contribution in [3.05, 3.63) is 28.7 Å². The van der Waals surface area contributed by atoms with Crippen molar-refractivity contribution in [1.29, 1.82) is 0 Å². The third kappa shape index (κ3) is 7.55. The van der Waals surface area contributed by atoms with Gasteiger partial charge in [-0.1, -0.05) is 28.8 Å². The second kappa shape index (κ2) is 10.0. The van der Waals surface area contributed by atoms with Crippen molar-refractivity contribution in [3.63, 3.8) is 0 Å². The summed E-state index contributed by atoms with van der Waals surface area (Å²) in [6, 6.07) is 6.99. The highest BCUT2D eigenvalue weighted by molar-refractivity contribution is 9.10. The standard InChI is InChI=1S/C17H21BrN2O5/c18-13-5-7-14(8-6-13)24-10-15(21)19-20-16(22)11-25-17(23)9-12-3-1-2-4-12/h5-8,12H,1-4,9-11H2,(H,19,21)(H,20,22). The van der Waals surface area contributed by atoms with Gasteiger partial charge in [0.05, 0.1) is 0 Å². The molecule has 2 N–H and O–H groups in total. The van der Waals surface area contributed by atoms with Gasteiger partial charge in [-0.2, -0.15) is 0 Å². The Kier molecular flexibility index (Phi) is 7.72. The lowest BCUT2D eigenvalue weighted by molar-refractivity contribution is -0.149. The predicted molar refractivity (Wildman–Crippen MR) is 93.5 cm³/mol. The molecule has 0 radical (unpaired) electrons. The highest BCUT2D eigenvalue weighted by atomic mass is 79.9. The van der Waals surface area contributed by atoms with Crippen LogP contribution in [0.15, 0.2) is 28.7 Å². The monoisotopic (exact) mass is 412 g/mol. The minimum absolute atomic E-state index is 0.247. The Morgan fingerprint density at radius 1 is 1.00 bits per heavy atom. The number of carbonyl (C=O) groups excluding carboxylic acids is 3. The number of halogens is 1. The summed E-state index contributed by atoms with van der Waals surface area (Å²) in [7, 11) is 0. The Balaban J connectivity index is 1.56. The molecular formula is C17H21BrN2O5. The molecule has 1 saturated carbocycles. The number of hydrazine groups is 1. The summed E-state index contributed by atoms with van der Waals surface area (Å²) < 4.78 is 11.1. The van der Waals surface area contributed by atoms with E-state index in [0.29, 0.717) is 18.1 Å². The van der Waals surface area contributed by atoms with Crippen LogP contribution in [0, 0.1) is 5.92 Å². The summed E-state index contributed by atoms with van der Waals surface area (Å²) in [5.74, 6) is -0.603. The van der Waals surface area contributed by atoms with Crippen LogP contribution in [0.3, 0.4) is 0 Å².